The van der Waals surface area contributed by atoms with E-state index in [1.807, 2.05) is 25.5 Å². The molecule has 1 fully saturated rings. The van der Waals surface area contributed by atoms with Gasteiger partial charge in [0, 0.05) is 44.6 Å². The van der Waals surface area contributed by atoms with E-state index in [9.17, 15) is 8.42 Å². The molecule has 0 spiro atoms. The fraction of sp³-hybridized carbons (Fsp3) is 0.714. The molecule has 1 saturated carbocycles. The van der Waals surface area contributed by atoms with E-state index in [1.54, 1.807) is 16.6 Å². The molecule has 2 rings (SSSR count). The molecule has 20 heavy (non-hydrogen) atoms. The second-order valence-electron chi connectivity index (χ2n) is 5.43. The number of nitrogens with one attached hydrogen (secondary N) is 1. The molecule has 0 radical (unpaired) electrons. The van der Waals surface area contributed by atoms with Gasteiger partial charge in [-0.1, -0.05) is 13.8 Å². The molecule has 6 heteroatoms. The molecule has 1 N–H and O–H groups in total. The highest BCUT2D eigenvalue weighted by atomic mass is 32.2. The van der Waals surface area contributed by atoms with E-state index < -0.39 is 10.0 Å². The van der Waals surface area contributed by atoms with Crippen LogP contribution in [0.25, 0.3) is 0 Å². The van der Waals surface area contributed by atoms with E-state index in [2.05, 4.69) is 5.32 Å². The lowest BCUT2D eigenvalue weighted by molar-refractivity contribution is 0.427. The number of hydrogen-bond donors (Lipinski definition) is 1. The van der Waals surface area contributed by atoms with Crippen LogP contribution in [-0.2, 0) is 23.6 Å². The molecule has 0 unspecified atom stereocenters. The second kappa shape index (κ2) is 6.28. The lowest BCUT2D eigenvalue weighted by Gasteiger charge is -2.18. The van der Waals surface area contributed by atoms with Gasteiger partial charge in [-0.25, -0.2) is 8.42 Å². The van der Waals surface area contributed by atoms with Crippen molar-refractivity contribution in [3.05, 3.63) is 18.0 Å². The van der Waals surface area contributed by atoms with Crippen molar-refractivity contribution in [3.63, 3.8) is 0 Å². The highest BCUT2D eigenvalue weighted by molar-refractivity contribution is 7.89. The fourth-order valence-corrected chi connectivity index (χ4v) is 3.91. The van der Waals surface area contributed by atoms with Gasteiger partial charge in [0.05, 0.1) is 0 Å². The van der Waals surface area contributed by atoms with Crippen molar-refractivity contribution in [1.82, 2.24) is 14.2 Å². The molecule has 1 heterocycles. The lowest BCUT2D eigenvalue weighted by Crippen LogP contribution is -2.31. The highest BCUT2D eigenvalue weighted by Crippen LogP contribution is 2.21. The van der Waals surface area contributed by atoms with E-state index in [0.29, 0.717) is 24.0 Å². The summed E-state index contributed by atoms with van der Waals surface area (Å²) in [4.78, 5) is 0.405. The number of aromatic nitrogens is 1. The van der Waals surface area contributed by atoms with E-state index in [1.165, 1.54) is 12.8 Å². The summed E-state index contributed by atoms with van der Waals surface area (Å²) < 4.78 is 28.6. The van der Waals surface area contributed by atoms with Gasteiger partial charge in [0.25, 0.3) is 0 Å². The SMILES string of the molecule is CCCN(CC)S(=O)(=O)c1cc(CNC2CC2)n(C)c1. The number of sulfonamides is 1. The van der Waals surface area contributed by atoms with Gasteiger partial charge >= 0.3 is 0 Å². The summed E-state index contributed by atoms with van der Waals surface area (Å²) in [6.07, 6.45) is 5.01. The van der Waals surface area contributed by atoms with Crippen LogP contribution in [0.1, 0.15) is 38.8 Å². The summed E-state index contributed by atoms with van der Waals surface area (Å²) in [5, 5.41) is 3.42. The molecular weight excluding hydrogens is 274 g/mol. The van der Waals surface area contributed by atoms with Crippen molar-refractivity contribution in [1.29, 1.82) is 0 Å². The van der Waals surface area contributed by atoms with Crippen LogP contribution in [0.15, 0.2) is 17.2 Å². The maximum atomic E-state index is 12.6. The molecule has 0 saturated heterocycles. The van der Waals surface area contributed by atoms with Gasteiger partial charge in [-0.05, 0) is 25.3 Å². The Balaban J connectivity index is 2.15. The molecule has 114 valence electrons. The zero-order chi connectivity index (χ0) is 14.8. The normalized spacial score (nSPS) is 16.0. The minimum Gasteiger partial charge on any atom is -0.352 e. The first-order valence-corrected chi connectivity index (χ1v) is 8.81. The lowest BCUT2D eigenvalue weighted by atomic mass is 10.4. The number of aryl methyl sites for hydroxylation is 1. The summed E-state index contributed by atoms with van der Waals surface area (Å²) in [7, 11) is -1.45. The minimum atomic E-state index is -3.35. The topological polar surface area (TPSA) is 54.3 Å². The summed E-state index contributed by atoms with van der Waals surface area (Å²) in [5.74, 6) is 0. The fourth-order valence-electron chi connectivity index (χ4n) is 2.28. The van der Waals surface area contributed by atoms with Gasteiger partial charge in [0.15, 0.2) is 0 Å². The second-order valence-corrected chi connectivity index (χ2v) is 7.37. The molecule has 0 aliphatic heterocycles. The summed E-state index contributed by atoms with van der Waals surface area (Å²) in [5.41, 5.74) is 1.02. The maximum Gasteiger partial charge on any atom is 0.244 e. The molecule has 1 aromatic rings. The molecular formula is C14H25N3O2S. The Morgan fingerprint density at radius 3 is 2.65 bits per heavy atom. The van der Waals surface area contributed by atoms with Crippen LogP contribution in [0.2, 0.25) is 0 Å². The van der Waals surface area contributed by atoms with Crippen LogP contribution in [0.4, 0.5) is 0 Å². The van der Waals surface area contributed by atoms with Gasteiger partial charge in [0.1, 0.15) is 4.90 Å². The first-order chi connectivity index (χ1) is 9.48. The van der Waals surface area contributed by atoms with Crippen LogP contribution < -0.4 is 5.32 Å². The molecule has 1 aliphatic carbocycles. The van der Waals surface area contributed by atoms with Crippen molar-refractivity contribution in [2.24, 2.45) is 7.05 Å². The van der Waals surface area contributed by atoms with Crippen molar-refractivity contribution in [2.75, 3.05) is 13.1 Å². The Bertz CT molecular complexity index is 547. The van der Waals surface area contributed by atoms with Gasteiger partial charge in [-0.2, -0.15) is 4.31 Å². The molecule has 0 amide bonds. The summed E-state index contributed by atoms with van der Waals surface area (Å²) in [6.45, 7) is 5.70. The maximum absolute atomic E-state index is 12.6. The van der Waals surface area contributed by atoms with Gasteiger partial charge in [-0.3, -0.25) is 0 Å². The largest absolute Gasteiger partial charge is 0.352 e. The Kier molecular flexibility index (Phi) is 4.88. The molecule has 5 nitrogen and oxygen atoms in total. The van der Waals surface area contributed by atoms with E-state index >= 15 is 0 Å². The highest BCUT2D eigenvalue weighted by Gasteiger charge is 2.25. The van der Waals surface area contributed by atoms with Crippen LogP contribution in [-0.4, -0.2) is 36.4 Å². The summed E-state index contributed by atoms with van der Waals surface area (Å²) >= 11 is 0. The van der Waals surface area contributed by atoms with Crippen LogP contribution in [0.5, 0.6) is 0 Å². The number of rotatable bonds is 8. The van der Waals surface area contributed by atoms with Gasteiger partial charge < -0.3 is 9.88 Å². The van der Waals surface area contributed by atoms with Crippen molar-refractivity contribution in [2.45, 2.75) is 50.6 Å². The quantitative estimate of drug-likeness (QED) is 0.795. The van der Waals surface area contributed by atoms with Crippen molar-refractivity contribution in [3.8, 4) is 0 Å². The van der Waals surface area contributed by atoms with E-state index in [4.69, 9.17) is 0 Å². The third-order valence-corrected chi connectivity index (χ3v) is 5.64. The zero-order valence-corrected chi connectivity index (χ0v) is 13.4. The van der Waals surface area contributed by atoms with Crippen molar-refractivity contribution >= 4 is 10.0 Å². The smallest absolute Gasteiger partial charge is 0.244 e. The average molecular weight is 299 g/mol. The monoisotopic (exact) mass is 299 g/mol. The molecule has 1 aliphatic rings. The standard InChI is InChI=1S/C14H25N3O2S/c1-4-8-17(5-2)20(18,19)14-9-13(16(3)11-14)10-15-12-6-7-12/h9,11-12,15H,4-8,10H2,1-3H3. The Morgan fingerprint density at radius 2 is 2.10 bits per heavy atom. The van der Waals surface area contributed by atoms with Gasteiger partial charge in [0.2, 0.25) is 10.0 Å². The van der Waals surface area contributed by atoms with E-state index in [0.717, 1.165) is 18.7 Å². The van der Waals surface area contributed by atoms with E-state index in [-0.39, 0.29) is 0 Å². The number of nitrogens with zero attached hydrogens (tertiary/aromatic N) is 2. The molecule has 0 atom stereocenters. The zero-order valence-electron chi connectivity index (χ0n) is 12.6. The predicted octanol–water partition coefficient (Wildman–Crippen LogP) is 1.70. The summed E-state index contributed by atoms with van der Waals surface area (Å²) in [6, 6.07) is 2.42. The third kappa shape index (κ3) is 3.42. The van der Waals surface area contributed by atoms with Crippen LogP contribution in [0, 0.1) is 0 Å². The average Bonchev–Trinajstić information content (AvgIpc) is 3.16. The van der Waals surface area contributed by atoms with Crippen LogP contribution in [0.3, 0.4) is 0 Å². The van der Waals surface area contributed by atoms with Crippen LogP contribution >= 0.6 is 0 Å². The Morgan fingerprint density at radius 1 is 1.40 bits per heavy atom. The first-order valence-electron chi connectivity index (χ1n) is 7.37. The third-order valence-electron chi connectivity index (χ3n) is 3.70. The first kappa shape index (κ1) is 15.5. The van der Waals surface area contributed by atoms with Gasteiger partial charge in [-0.15, -0.1) is 0 Å². The van der Waals surface area contributed by atoms with Crippen molar-refractivity contribution < 1.29 is 8.42 Å². The Hall–Kier alpha value is -0.850. The molecule has 0 aromatic carbocycles. The Labute approximate surface area is 122 Å². The molecule has 1 aromatic heterocycles. The predicted molar refractivity (Wildman–Crippen MR) is 80.0 cm³/mol. The molecule has 0 bridgehead atoms. The minimum absolute atomic E-state index is 0.405. The number of hydrogen-bond acceptors (Lipinski definition) is 3.